The summed E-state index contributed by atoms with van der Waals surface area (Å²) in [6, 6.07) is 3.03. The Hall–Kier alpha value is -1.22. The van der Waals surface area contributed by atoms with Crippen molar-refractivity contribution in [2.75, 3.05) is 20.6 Å². The van der Waals surface area contributed by atoms with Crippen molar-refractivity contribution in [3.05, 3.63) is 23.3 Å². The molecule has 0 aliphatic carbocycles. The molecule has 3 nitrogen and oxygen atoms in total. The minimum absolute atomic E-state index is 0.165. The van der Waals surface area contributed by atoms with Gasteiger partial charge in [0.05, 0.1) is 22.3 Å². The van der Waals surface area contributed by atoms with Gasteiger partial charge in [-0.05, 0) is 36.1 Å². The molecule has 0 aliphatic rings. The molecular formula is C14H23NO2. The smallest absolute Gasteiger partial charge is 0.123 e. The van der Waals surface area contributed by atoms with Crippen LogP contribution in [0.25, 0.3) is 0 Å². The van der Waals surface area contributed by atoms with Gasteiger partial charge in [0.2, 0.25) is 0 Å². The Morgan fingerprint density at radius 1 is 1.18 bits per heavy atom. The van der Waals surface area contributed by atoms with Crippen LogP contribution in [0.3, 0.4) is 0 Å². The maximum Gasteiger partial charge on any atom is 0.123 e. The minimum atomic E-state index is -2.61. The molecule has 0 saturated carbocycles. The number of rotatable bonds is 4. The third kappa shape index (κ3) is 3.13. The Labute approximate surface area is 112 Å². The molecule has 0 heterocycles. The van der Waals surface area contributed by atoms with Crippen LogP contribution in [0.2, 0.25) is 0 Å². The van der Waals surface area contributed by atoms with E-state index in [-0.39, 0.29) is 18.0 Å². The average molecular weight is 243 g/mol. The number of ether oxygens (including phenoxy) is 2. The second-order valence-electron chi connectivity index (χ2n) is 4.95. The van der Waals surface area contributed by atoms with Gasteiger partial charge >= 0.3 is 0 Å². The molecule has 0 saturated heterocycles. The molecule has 0 unspecified atom stereocenters. The fourth-order valence-electron chi connectivity index (χ4n) is 1.72. The highest BCUT2D eigenvalue weighted by molar-refractivity contribution is 5.49. The van der Waals surface area contributed by atoms with Crippen LogP contribution in [0.1, 0.15) is 40.1 Å². The summed E-state index contributed by atoms with van der Waals surface area (Å²) in [4.78, 5) is 0. The summed E-state index contributed by atoms with van der Waals surface area (Å²) in [6.45, 7) is 5.88. The normalized spacial score (nSPS) is 18.1. The van der Waals surface area contributed by atoms with Crippen LogP contribution in [-0.4, -0.2) is 20.6 Å². The maximum absolute atomic E-state index is 7.31. The lowest BCUT2D eigenvalue weighted by Crippen LogP contribution is -2.14. The van der Waals surface area contributed by atoms with Gasteiger partial charge in [0.1, 0.15) is 11.5 Å². The molecule has 2 N–H and O–H groups in total. The van der Waals surface area contributed by atoms with Crippen molar-refractivity contribution >= 4 is 0 Å². The van der Waals surface area contributed by atoms with E-state index in [2.05, 4.69) is 0 Å². The first-order valence-corrected chi connectivity index (χ1v) is 5.48. The first-order valence-electron chi connectivity index (χ1n) is 8.48. The zero-order valence-electron chi connectivity index (χ0n) is 16.5. The largest absolute Gasteiger partial charge is 0.496 e. The van der Waals surface area contributed by atoms with Crippen LogP contribution in [0.15, 0.2) is 12.1 Å². The molecule has 0 fully saturated rings. The third-order valence-electron chi connectivity index (χ3n) is 2.60. The molecule has 0 aliphatic heterocycles. The molecule has 1 aromatic carbocycles. The maximum atomic E-state index is 7.31. The van der Waals surface area contributed by atoms with Crippen molar-refractivity contribution in [1.29, 1.82) is 0 Å². The number of hydrogen-bond donors (Lipinski definition) is 1. The van der Waals surface area contributed by atoms with Crippen LogP contribution >= 0.6 is 0 Å². The van der Waals surface area contributed by atoms with Gasteiger partial charge in [0, 0.05) is 5.56 Å². The highest BCUT2D eigenvalue weighted by Gasteiger charge is 2.21. The molecule has 0 radical (unpaired) electrons. The van der Waals surface area contributed by atoms with Crippen LogP contribution in [0.5, 0.6) is 11.5 Å². The first kappa shape index (κ1) is 7.27. The van der Waals surface area contributed by atoms with Gasteiger partial charge in [0.15, 0.2) is 0 Å². The zero-order chi connectivity index (χ0) is 18.1. The van der Waals surface area contributed by atoms with Gasteiger partial charge in [0.25, 0.3) is 0 Å². The number of benzene rings is 1. The van der Waals surface area contributed by atoms with Gasteiger partial charge in [-0.15, -0.1) is 0 Å². The molecule has 0 amide bonds. The van der Waals surface area contributed by atoms with E-state index in [1.54, 1.807) is 0 Å². The Kier molecular flexibility index (Phi) is 2.31. The van der Waals surface area contributed by atoms with Gasteiger partial charge in [-0.1, -0.05) is 20.8 Å². The van der Waals surface area contributed by atoms with E-state index in [9.17, 15) is 0 Å². The number of methoxy groups -OCH3 is 2. The van der Waals surface area contributed by atoms with Crippen molar-refractivity contribution in [2.24, 2.45) is 5.73 Å². The molecule has 1 aromatic rings. The van der Waals surface area contributed by atoms with E-state index in [0.717, 1.165) is 0 Å². The molecular weight excluding hydrogens is 214 g/mol. The third-order valence-corrected chi connectivity index (χ3v) is 2.60. The van der Waals surface area contributed by atoms with E-state index >= 15 is 0 Å². The summed E-state index contributed by atoms with van der Waals surface area (Å²) < 4.78 is 53.9. The first-order chi connectivity index (χ1) is 10.2. The highest BCUT2D eigenvalue weighted by Crippen LogP contribution is 2.36. The zero-order valence-corrected chi connectivity index (χ0v) is 10.5. The SMILES string of the molecule is [2H]C([2H])([2H])Oc1cc(C(C)(C)C)c(OC([2H])([2H])[2H])cc1CCN. The Morgan fingerprint density at radius 3 is 2.35 bits per heavy atom. The lowest BCUT2D eigenvalue weighted by atomic mass is 9.85. The minimum Gasteiger partial charge on any atom is -0.496 e. The summed E-state index contributed by atoms with van der Waals surface area (Å²) in [5.41, 5.74) is 6.13. The van der Waals surface area contributed by atoms with E-state index in [0.29, 0.717) is 17.5 Å². The summed E-state index contributed by atoms with van der Waals surface area (Å²) in [7, 11) is -5.21. The Balaban J connectivity index is 3.48. The molecule has 0 atom stereocenters. The fraction of sp³-hybridized carbons (Fsp3) is 0.571. The molecule has 96 valence electrons. The van der Waals surface area contributed by atoms with Gasteiger partial charge < -0.3 is 15.2 Å². The second kappa shape index (κ2) is 5.41. The van der Waals surface area contributed by atoms with Crippen LogP contribution in [0, 0.1) is 0 Å². The lowest BCUT2D eigenvalue weighted by Gasteiger charge is -2.24. The molecule has 0 aromatic heterocycles. The van der Waals surface area contributed by atoms with Crippen LogP contribution in [-0.2, 0) is 11.8 Å². The summed E-state index contributed by atoms with van der Waals surface area (Å²) in [5.74, 6) is 0.345. The molecule has 0 spiro atoms. The summed E-state index contributed by atoms with van der Waals surface area (Å²) >= 11 is 0. The van der Waals surface area contributed by atoms with Crippen LogP contribution < -0.4 is 15.2 Å². The van der Waals surface area contributed by atoms with Crippen molar-refractivity contribution in [2.45, 2.75) is 32.6 Å². The molecule has 1 rings (SSSR count). The van der Waals surface area contributed by atoms with Crippen LogP contribution in [0.4, 0.5) is 0 Å². The predicted octanol–water partition coefficient (Wildman–Crippen LogP) is 2.50. The lowest BCUT2D eigenvalue weighted by molar-refractivity contribution is 0.385. The quantitative estimate of drug-likeness (QED) is 0.883. The van der Waals surface area contributed by atoms with E-state index < -0.39 is 19.5 Å². The molecule has 17 heavy (non-hydrogen) atoms. The number of hydrogen-bond acceptors (Lipinski definition) is 3. The fourth-order valence-corrected chi connectivity index (χ4v) is 1.72. The van der Waals surface area contributed by atoms with Crippen molar-refractivity contribution in [3.8, 4) is 11.5 Å². The molecule has 3 heteroatoms. The Morgan fingerprint density at radius 2 is 1.82 bits per heavy atom. The Bertz CT molecular complexity index is 546. The van der Waals surface area contributed by atoms with Crippen molar-refractivity contribution in [3.63, 3.8) is 0 Å². The second-order valence-corrected chi connectivity index (χ2v) is 4.95. The standard InChI is InChI=1S/C14H23NO2/c1-14(2,3)11-9-12(16-4)10(6-7-15)8-13(11)17-5/h8-9H,6-7,15H2,1-5H3/i4D3,5D3. The van der Waals surface area contributed by atoms with Crippen molar-refractivity contribution < 1.29 is 17.7 Å². The van der Waals surface area contributed by atoms with Gasteiger partial charge in [-0.3, -0.25) is 0 Å². The average Bonchev–Trinajstić information content (AvgIpc) is 2.27. The topological polar surface area (TPSA) is 44.5 Å². The summed E-state index contributed by atoms with van der Waals surface area (Å²) in [6.07, 6.45) is 0.340. The molecule has 0 bridgehead atoms. The van der Waals surface area contributed by atoms with Crippen molar-refractivity contribution in [1.82, 2.24) is 0 Å². The van der Waals surface area contributed by atoms with Gasteiger partial charge in [-0.25, -0.2) is 0 Å². The highest BCUT2D eigenvalue weighted by atomic mass is 16.5. The van der Waals surface area contributed by atoms with E-state index in [1.165, 1.54) is 12.1 Å². The van der Waals surface area contributed by atoms with Gasteiger partial charge in [-0.2, -0.15) is 0 Å². The predicted molar refractivity (Wildman–Crippen MR) is 71.0 cm³/mol. The van der Waals surface area contributed by atoms with E-state index in [4.69, 9.17) is 23.4 Å². The van der Waals surface area contributed by atoms with E-state index in [1.807, 2.05) is 20.8 Å². The summed E-state index contributed by atoms with van der Waals surface area (Å²) in [5, 5.41) is 0. The monoisotopic (exact) mass is 243 g/mol. The number of nitrogens with two attached hydrogens (primary N) is 1.